The van der Waals surface area contributed by atoms with E-state index in [0.29, 0.717) is 0 Å². The molecule has 9 aromatic rings. The number of benzene rings is 8. The molecule has 0 unspecified atom stereocenters. The van der Waals surface area contributed by atoms with E-state index in [2.05, 4.69) is 187 Å². The summed E-state index contributed by atoms with van der Waals surface area (Å²) >= 11 is 0. The number of hydrogen-bond acceptors (Lipinski definition) is 2. The van der Waals surface area contributed by atoms with Crippen LogP contribution < -0.4 is 4.90 Å². The van der Waals surface area contributed by atoms with E-state index in [-0.39, 0.29) is 10.8 Å². The summed E-state index contributed by atoms with van der Waals surface area (Å²) in [6.45, 7) is 0. The fourth-order valence-electron chi connectivity index (χ4n) is 10.9. The Bertz CT molecular complexity index is 2950. The molecule has 0 aliphatic heterocycles. The van der Waals surface area contributed by atoms with Crippen molar-refractivity contribution >= 4 is 39.0 Å². The third-order valence-corrected chi connectivity index (χ3v) is 13.5. The van der Waals surface area contributed by atoms with Crippen LogP contribution in [-0.2, 0) is 10.8 Å². The van der Waals surface area contributed by atoms with E-state index < -0.39 is 0 Å². The Morgan fingerprint density at radius 1 is 0.339 bits per heavy atom. The van der Waals surface area contributed by atoms with Crippen LogP contribution in [0.2, 0.25) is 0 Å². The first-order chi connectivity index (χ1) is 27.7. The maximum absolute atomic E-state index is 6.48. The second-order valence-corrected chi connectivity index (χ2v) is 16.1. The average molecular weight is 718 g/mol. The second kappa shape index (κ2) is 11.9. The summed E-state index contributed by atoms with van der Waals surface area (Å²) in [7, 11) is 0. The first-order valence-corrected chi connectivity index (χ1v) is 20.0. The van der Waals surface area contributed by atoms with Gasteiger partial charge in [0.05, 0.1) is 0 Å². The fraction of sp³-hybridized carbons (Fsp3) is 0.111. The van der Waals surface area contributed by atoms with Crippen LogP contribution in [0, 0.1) is 0 Å². The Balaban J connectivity index is 1.02. The number of hydrogen-bond donors (Lipinski definition) is 0. The highest BCUT2D eigenvalue weighted by Gasteiger charge is 2.53. The van der Waals surface area contributed by atoms with Crippen molar-refractivity contribution in [1.29, 1.82) is 0 Å². The molecule has 12 rings (SSSR count). The number of nitrogens with zero attached hydrogens (tertiary/aromatic N) is 1. The monoisotopic (exact) mass is 717 g/mol. The van der Waals surface area contributed by atoms with E-state index in [1.165, 1.54) is 55.6 Å². The zero-order valence-electron chi connectivity index (χ0n) is 31.1. The molecule has 0 bridgehead atoms. The maximum Gasteiger partial charge on any atom is 0.137 e. The lowest BCUT2D eigenvalue weighted by atomic mass is 9.57. The third kappa shape index (κ3) is 4.44. The van der Waals surface area contributed by atoms with Crippen molar-refractivity contribution in [3.8, 4) is 33.4 Å². The van der Waals surface area contributed by atoms with Gasteiger partial charge < -0.3 is 9.32 Å². The molecule has 266 valence electrons. The van der Waals surface area contributed by atoms with Crippen molar-refractivity contribution in [1.82, 2.24) is 0 Å². The molecule has 1 aromatic heterocycles. The minimum Gasteiger partial charge on any atom is -0.456 e. The summed E-state index contributed by atoms with van der Waals surface area (Å²) < 4.78 is 6.48. The molecule has 3 aliphatic rings. The molecule has 2 nitrogen and oxygen atoms in total. The summed E-state index contributed by atoms with van der Waals surface area (Å²) in [5, 5.41) is 2.28. The highest BCUT2D eigenvalue weighted by atomic mass is 16.3. The molecule has 1 heterocycles. The number of anilines is 3. The van der Waals surface area contributed by atoms with E-state index in [9.17, 15) is 0 Å². The minimum absolute atomic E-state index is 0.0413. The molecule has 0 atom stereocenters. The summed E-state index contributed by atoms with van der Waals surface area (Å²) in [5.41, 5.74) is 19.1. The van der Waals surface area contributed by atoms with Crippen molar-refractivity contribution in [3.05, 3.63) is 210 Å². The lowest BCUT2D eigenvalue weighted by Gasteiger charge is -2.45. The normalized spacial score (nSPS) is 15.5. The summed E-state index contributed by atoms with van der Waals surface area (Å²) in [5.74, 6) is 0. The zero-order valence-corrected chi connectivity index (χ0v) is 31.1. The van der Waals surface area contributed by atoms with Crippen molar-refractivity contribution in [2.45, 2.75) is 36.5 Å². The van der Waals surface area contributed by atoms with Crippen molar-refractivity contribution < 1.29 is 4.42 Å². The molecule has 0 saturated heterocycles. The largest absolute Gasteiger partial charge is 0.456 e. The van der Waals surface area contributed by atoms with Crippen LogP contribution in [0.3, 0.4) is 0 Å². The van der Waals surface area contributed by atoms with Crippen LogP contribution in [-0.4, -0.2) is 0 Å². The molecular formula is C54H39NO. The van der Waals surface area contributed by atoms with Crippen LogP contribution in [0.4, 0.5) is 17.1 Å². The SMILES string of the molecule is c1ccc(-c2cccc(N(c3ccc4c(c3)C3(CCC5(CC3)c3ccccc3-c3ccccc35)c3ccccc3-4)c3ccc4c(c3)oc3ccccc34)c2)cc1. The van der Waals surface area contributed by atoms with Crippen LogP contribution in [0.1, 0.15) is 47.9 Å². The molecule has 2 spiro atoms. The van der Waals surface area contributed by atoms with Gasteiger partial charge in [0, 0.05) is 44.7 Å². The van der Waals surface area contributed by atoms with Gasteiger partial charge in [-0.05, 0) is 124 Å². The van der Waals surface area contributed by atoms with Gasteiger partial charge in [-0.2, -0.15) is 0 Å². The van der Waals surface area contributed by atoms with Gasteiger partial charge in [0.2, 0.25) is 0 Å². The molecule has 0 N–H and O–H groups in total. The Kier molecular flexibility index (Phi) is 6.75. The molecule has 1 saturated carbocycles. The Labute approximate surface area is 327 Å². The zero-order chi connectivity index (χ0) is 36.8. The number of para-hydroxylation sites is 1. The first-order valence-electron chi connectivity index (χ1n) is 20.0. The first kappa shape index (κ1) is 31.7. The fourth-order valence-corrected chi connectivity index (χ4v) is 10.9. The van der Waals surface area contributed by atoms with Crippen LogP contribution in [0.25, 0.3) is 55.3 Å². The van der Waals surface area contributed by atoms with E-state index in [1.54, 1.807) is 0 Å². The number of rotatable bonds is 4. The Morgan fingerprint density at radius 3 is 1.54 bits per heavy atom. The molecule has 8 aromatic carbocycles. The highest BCUT2D eigenvalue weighted by molar-refractivity contribution is 6.06. The van der Waals surface area contributed by atoms with E-state index in [1.807, 2.05) is 6.07 Å². The Hall–Kier alpha value is -6.64. The number of fused-ring (bicyclic) bond motifs is 13. The molecule has 0 amide bonds. The van der Waals surface area contributed by atoms with E-state index in [0.717, 1.165) is 64.7 Å². The van der Waals surface area contributed by atoms with Crippen molar-refractivity contribution in [2.24, 2.45) is 0 Å². The summed E-state index contributed by atoms with van der Waals surface area (Å²) in [4.78, 5) is 2.43. The molecule has 3 aliphatic carbocycles. The lowest BCUT2D eigenvalue weighted by Crippen LogP contribution is -2.39. The van der Waals surface area contributed by atoms with Gasteiger partial charge in [0.15, 0.2) is 0 Å². The molecule has 0 radical (unpaired) electrons. The topological polar surface area (TPSA) is 16.4 Å². The molecule has 2 heteroatoms. The smallest absolute Gasteiger partial charge is 0.137 e. The van der Waals surface area contributed by atoms with Gasteiger partial charge in [-0.25, -0.2) is 0 Å². The Morgan fingerprint density at radius 2 is 0.839 bits per heavy atom. The summed E-state index contributed by atoms with van der Waals surface area (Å²) in [6.07, 6.45) is 4.42. The van der Waals surface area contributed by atoms with Gasteiger partial charge in [-0.3, -0.25) is 0 Å². The highest BCUT2D eigenvalue weighted by Crippen LogP contribution is 2.64. The van der Waals surface area contributed by atoms with Gasteiger partial charge in [0.25, 0.3) is 0 Å². The van der Waals surface area contributed by atoms with Gasteiger partial charge in [-0.1, -0.05) is 140 Å². The quantitative estimate of drug-likeness (QED) is 0.180. The predicted octanol–water partition coefficient (Wildman–Crippen LogP) is 14.5. The van der Waals surface area contributed by atoms with Crippen LogP contribution in [0.5, 0.6) is 0 Å². The van der Waals surface area contributed by atoms with Gasteiger partial charge >= 0.3 is 0 Å². The van der Waals surface area contributed by atoms with Gasteiger partial charge in [0.1, 0.15) is 11.2 Å². The minimum atomic E-state index is -0.0695. The lowest BCUT2D eigenvalue weighted by molar-refractivity contribution is 0.265. The average Bonchev–Trinajstić information content (AvgIpc) is 3.87. The van der Waals surface area contributed by atoms with Crippen LogP contribution in [0.15, 0.2) is 192 Å². The molecule has 56 heavy (non-hydrogen) atoms. The summed E-state index contributed by atoms with van der Waals surface area (Å²) in [6, 6.07) is 69.6. The predicted molar refractivity (Wildman–Crippen MR) is 231 cm³/mol. The standard InChI is InChI=1S/C54H39NO/c1-2-13-36(14-3-1)37-15-12-16-38(33-37)55(40-26-28-46-45-20-7-11-24-51(45)56-52(46)35-40)39-25-27-44-43-19-6-10-23-49(43)54(50(44)34-39)31-29-53(30-32-54)47-21-8-4-17-41(47)42-18-5-9-22-48(42)53/h1-28,33-35H,29-32H2. The van der Waals surface area contributed by atoms with Crippen LogP contribution >= 0.6 is 0 Å². The maximum atomic E-state index is 6.48. The van der Waals surface area contributed by atoms with E-state index >= 15 is 0 Å². The van der Waals surface area contributed by atoms with Crippen molar-refractivity contribution in [2.75, 3.05) is 4.90 Å². The second-order valence-electron chi connectivity index (χ2n) is 16.1. The molecule has 1 fully saturated rings. The van der Waals surface area contributed by atoms with Gasteiger partial charge in [-0.15, -0.1) is 0 Å². The van der Waals surface area contributed by atoms with Crippen molar-refractivity contribution in [3.63, 3.8) is 0 Å². The van der Waals surface area contributed by atoms with E-state index in [4.69, 9.17) is 4.42 Å². The third-order valence-electron chi connectivity index (χ3n) is 13.5. The number of furan rings is 1. The molecular weight excluding hydrogens is 679 g/mol.